The van der Waals surface area contributed by atoms with Crippen molar-refractivity contribution in [3.05, 3.63) is 65.0 Å². The van der Waals surface area contributed by atoms with E-state index in [0.29, 0.717) is 5.75 Å². The summed E-state index contributed by atoms with van der Waals surface area (Å²) in [6.45, 7) is 5.68. The molecule has 0 saturated carbocycles. The van der Waals surface area contributed by atoms with Crippen molar-refractivity contribution >= 4 is 0 Å². The molecular formula is C18H21FO2. The fourth-order valence-electron chi connectivity index (χ4n) is 2.23. The van der Waals surface area contributed by atoms with Gasteiger partial charge in [0.2, 0.25) is 0 Å². The maximum atomic E-state index is 13.1. The normalized spacial score (nSPS) is 13.8. The summed E-state index contributed by atoms with van der Waals surface area (Å²) in [7, 11) is 0. The van der Waals surface area contributed by atoms with Gasteiger partial charge < -0.3 is 9.84 Å². The van der Waals surface area contributed by atoms with Crippen molar-refractivity contribution in [1.82, 2.24) is 0 Å². The van der Waals surface area contributed by atoms with Crippen LogP contribution >= 0.6 is 0 Å². The fraction of sp³-hybridized carbons (Fsp3) is 0.333. The van der Waals surface area contributed by atoms with Gasteiger partial charge >= 0.3 is 0 Å². The molecule has 2 nitrogen and oxygen atoms in total. The second kappa shape index (κ2) is 6.72. The van der Waals surface area contributed by atoms with E-state index in [1.807, 2.05) is 24.3 Å². The number of aliphatic hydroxyl groups excluding tert-OH is 1. The molecule has 0 radical (unpaired) electrons. The van der Waals surface area contributed by atoms with Gasteiger partial charge in [-0.1, -0.05) is 31.2 Å². The quantitative estimate of drug-likeness (QED) is 0.893. The van der Waals surface area contributed by atoms with Crippen LogP contribution in [0.5, 0.6) is 5.75 Å². The molecule has 2 rings (SSSR count). The predicted molar refractivity (Wildman–Crippen MR) is 82.0 cm³/mol. The summed E-state index contributed by atoms with van der Waals surface area (Å²) in [6, 6.07) is 12.2. The molecule has 0 heterocycles. The number of hydrogen-bond acceptors (Lipinski definition) is 2. The third-order valence-corrected chi connectivity index (χ3v) is 3.62. The number of rotatable bonds is 5. The van der Waals surface area contributed by atoms with Crippen LogP contribution in [0.15, 0.2) is 42.5 Å². The van der Waals surface area contributed by atoms with Crippen molar-refractivity contribution in [2.24, 2.45) is 0 Å². The molecule has 0 aliphatic carbocycles. The summed E-state index contributed by atoms with van der Waals surface area (Å²) < 4.78 is 18.8. The maximum Gasteiger partial charge on any atom is 0.126 e. The van der Waals surface area contributed by atoms with Crippen molar-refractivity contribution in [3.63, 3.8) is 0 Å². The second-order valence-corrected chi connectivity index (χ2v) is 5.27. The van der Waals surface area contributed by atoms with Crippen molar-refractivity contribution in [2.75, 3.05) is 0 Å². The van der Waals surface area contributed by atoms with Crippen LogP contribution in [0.25, 0.3) is 0 Å². The lowest BCUT2D eigenvalue weighted by Crippen LogP contribution is -2.22. The zero-order chi connectivity index (χ0) is 15.4. The number of aliphatic hydroxyl groups is 1. The van der Waals surface area contributed by atoms with E-state index in [2.05, 4.69) is 6.92 Å². The highest BCUT2D eigenvalue weighted by Crippen LogP contribution is 2.25. The lowest BCUT2D eigenvalue weighted by Gasteiger charge is -2.22. The van der Waals surface area contributed by atoms with Gasteiger partial charge in [-0.3, -0.25) is 0 Å². The van der Waals surface area contributed by atoms with Gasteiger partial charge in [0.1, 0.15) is 23.8 Å². The van der Waals surface area contributed by atoms with Crippen LogP contribution in [0.1, 0.15) is 36.6 Å². The number of benzene rings is 2. The van der Waals surface area contributed by atoms with Gasteiger partial charge in [-0.05, 0) is 55.2 Å². The number of aryl methyl sites for hydroxylation is 2. The first kappa shape index (κ1) is 15.5. The Balaban J connectivity index is 2.09. The van der Waals surface area contributed by atoms with E-state index in [0.717, 1.165) is 17.5 Å². The minimum absolute atomic E-state index is 0.289. The topological polar surface area (TPSA) is 29.5 Å². The molecule has 2 aromatic carbocycles. The molecule has 0 bridgehead atoms. The average Bonchev–Trinajstić information content (AvgIpc) is 2.49. The van der Waals surface area contributed by atoms with E-state index in [1.54, 1.807) is 19.9 Å². The monoisotopic (exact) mass is 288 g/mol. The average molecular weight is 288 g/mol. The van der Waals surface area contributed by atoms with Gasteiger partial charge in [-0.2, -0.15) is 0 Å². The molecule has 1 N–H and O–H groups in total. The lowest BCUT2D eigenvalue weighted by molar-refractivity contribution is 0.0463. The molecule has 2 atom stereocenters. The summed E-state index contributed by atoms with van der Waals surface area (Å²) in [5.74, 6) is 0.302. The largest absolute Gasteiger partial charge is 0.487 e. The fourth-order valence-corrected chi connectivity index (χ4v) is 2.23. The molecular weight excluding hydrogens is 267 g/mol. The Kier molecular flexibility index (Phi) is 4.97. The minimum Gasteiger partial charge on any atom is -0.487 e. The van der Waals surface area contributed by atoms with Gasteiger partial charge in [0.15, 0.2) is 0 Å². The Morgan fingerprint density at radius 3 is 2.38 bits per heavy atom. The molecule has 2 aromatic rings. The van der Waals surface area contributed by atoms with Gasteiger partial charge in [-0.15, -0.1) is 0 Å². The van der Waals surface area contributed by atoms with Gasteiger partial charge in [0, 0.05) is 0 Å². The Morgan fingerprint density at radius 2 is 1.81 bits per heavy atom. The van der Waals surface area contributed by atoms with Crippen molar-refractivity contribution in [3.8, 4) is 5.75 Å². The third-order valence-electron chi connectivity index (χ3n) is 3.62. The summed E-state index contributed by atoms with van der Waals surface area (Å²) in [4.78, 5) is 0. The molecule has 3 heteroatoms. The molecule has 0 spiro atoms. The first-order valence-electron chi connectivity index (χ1n) is 7.21. The van der Waals surface area contributed by atoms with Crippen LogP contribution in [-0.2, 0) is 6.42 Å². The Morgan fingerprint density at radius 1 is 1.14 bits per heavy atom. The van der Waals surface area contributed by atoms with E-state index in [9.17, 15) is 9.50 Å². The molecule has 0 aliphatic rings. The van der Waals surface area contributed by atoms with E-state index < -0.39 is 12.2 Å². The minimum atomic E-state index is -0.722. The highest BCUT2D eigenvalue weighted by molar-refractivity contribution is 5.33. The molecule has 0 fully saturated rings. The Bertz CT molecular complexity index is 593. The zero-order valence-electron chi connectivity index (χ0n) is 12.6. The van der Waals surface area contributed by atoms with Crippen LogP contribution < -0.4 is 4.74 Å². The standard InChI is InChI=1S/C18H21FO2/c1-4-14-5-7-15(8-6-14)18(20)13(3)21-17-10-9-16(19)11-12(17)2/h5-11,13,18,20H,4H2,1-3H3. The maximum absolute atomic E-state index is 13.1. The third kappa shape index (κ3) is 3.82. The van der Waals surface area contributed by atoms with Crippen molar-refractivity contribution < 1.29 is 14.2 Å². The predicted octanol–water partition coefficient (Wildman–Crippen LogP) is 4.20. The van der Waals surface area contributed by atoms with Crippen molar-refractivity contribution in [1.29, 1.82) is 0 Å². The Hall–Kier alpha value is -1.87. The van der Waals surface area contributed by atoms with E-state index in [1.165, 1.54) is 17.7 Å². The second-order valence-electron chi connectivity index (χ2n) is 5.27. The molecule has 21 heavy (non-hydrogen) atoms. The van der Waals surface area contributed by atoms with E-state index >= 15 is 0 Å². The van der Waals surface area contributed by atoms with E-state index in [-0.39, 0.29) is 5.82 Å². The zero-order valence-corrected chi connectivity index (χ0v) is 12.6. The van der Waals surface area contributed by atoms with Crippen LogP contribution in [0.4, 0.5) is 4.39 Å². The van der Waals surface area contributed by atoms with Crippen LogP contribution in [0.3, 0.4) is 0 Å². The van der Waals surface area contributed by atoms with Gasteiger partial charge in [0.25, 0.3) is 0 Å². The smallest absolute Gasteiger partial charge is 0.126 e. The highest BCUT2D eigenvalue weighted by atomic mass is 19.1. The van der Waals surface area contributed by atoms with E-state index in [4.69, 9.17) is 4.74 Å². The van der Waals surface area contributed by atoms with Crippen LogP contribution in [0.2, 0.25) is 0 Å². The SMILES string of the molecule is CCc1ccc(C(O)C(C)Oc2ccc(F)cc2C)cc1. The molecule has 112 valence electrons. The molecule has 2 unspecified atom stereocenters. The number of ether oxygens (including phenoxy) is 1. The Labute approximate surface area is 125 Å². The highest BCUT2D eigenvalue weighted by Gasteiger charge is 2.18. The molecule has 0 amide bonds. The number of hydrogen-bond donors (Lipinski definition) is 1. The first-order valence-corrected chi connectivity index (χ1v) is 7.21. The summed E-state index contributed by atoms with van der Waals surface area (Å²) in [5.41, 5.74) is 2.77. The van der Waals surface area contributed by atoms with Crippen LogP contribution in [-0.4, -0.2) is 11.2 Å². The van der Waals surface area contributed by atoms with Crippen molar-refractivity contribution in [2.45, 2.75) is 39.4 Å². The summed E-state index contributed by atoms with van der Waals surface area (Å²) in [6.07, 6.45) is -0.168. The first-order chi connectivity index (χ1) is 10.0. The van der Waals surface area contributed by atoms with Gasteiger partial charge in [0.05, 0.1) is 0 Å². The summed E-state index contributed by atoms with van der Waals surface area (Å²) >= 11 is 0. The van der Waals surface area contributed by atoms with Gasteiger partial charge in [-0.25, -0.2) is 4.39 Å². The van der Waals surface area contributed by atoms with Crippen LogP contribution in [0, 0.1) is 12.7 Å². The lowest BCUT2D eigenvalue weighted by atomic mass is 10.0. The molecule has 0 saturated heterocycles. The molecule has 0 aliphatic heterocycles. The number of halogens is 1. The summed E-state index contributed by atoms with van der Waals surface area (Å²) in [5, 5.41) is 10.4. The molecule has 0 aromatic heterocycles.